The highest BCUT2D eigenvalue weighted by molar-refractivity contribution is 5.83. The molecule has 0 aromatic heterocycles. The van der Waals surface area contributed by atoms with Gasteiger partial charge in [-0.25, -0.2) is 0 Å². The molecule has 0 atom stereocenters. The number of benzene rings is 5. The van der Waals surface area contributed by atoms with Gasteiger partial charge in [-0.2, -0.15) is 0 Å². The first kappa shape index (κ1) is 30.5. The van der Waals surface area contributed by atoms with E-state index in [4.69, 9.17) is 4.74 Å². The van der Waals surface area contributed by atoms with Crippen molar-refractivity contribution in [3.05, 3.63) is 138 Å². The van der Waals surface area contributed by atoms with Crippen molar-refractivity contribution in [3.63, 3.8) is 0 Å². The van der Waals surface area contributed by atoms with Crippen LogP contribution in [-0.2, 0) is 16.2 Å². The number of ether oxygens (including phenoxy) is 1. The second-order valence-electron chi connectivity index (χ2n) is 17.6. The molecule has 1 spiro atoms. The monoisotopic (exact) mass is 655 g/mol. The molecule has 5 aliphatic carbocycles. The first-order valence-electron chi connectivity index (χ1n) is 19.2. The lowest BCUT2D eigenvalue weighted by Crippen LogP contribution is -2.57. The van der Waals surface area contributed by atoms with Gasteiger partial charge in [0.05, 0.1) is 5.69 Å². The lowest BCUT2D eigenvalue weighted by molar-refractivity contribution is -0.0449. The Morgan fingerprint density at radius 2 is 1.20 bits per heavy atom. The van der Waals surface area contributed by atoms with Gasteiger partial charge in [0.2, 0.25) is 0 Å². The zero-order chi connectivity index (χ0) is 33.8. The second kappa shape index (κ2) is 10.8. The predicted molar refractivity (Wildman–Crippen MR) is 206 cm³/mol. The van der Waals surface area contributed by atoms with E-state index in [9.17, 15) is 0 Å². The van der Waals surface area contributed by atoms with Gasteiger partial charge in [-0.05, 0) is 144 Å². The van der Waals surface area contributed by atoms with Crippen LogP contribution in [0.3, 0.4) is 0 Å². The molecule has 2 nitrogen and oxygen atoms in total. The van der Waals surface area contributed by atoms with Crippen LogP contribution in [0, 0.1) is 23.7 Å². The summed E-state index contributed by atoms with van der Waals surface area (Å²) >= 11 is 0. The van der Waals surface area contributed by atoms with Gasteiger partial charge in [0.1, 0.15) is 11.5 Å². The highest BCUT2D eigenvalue weighted by Gasteiger charge is 2.62. The molecule has 1 aliphatic heterocycles. The number of para-hydroxylation sites is 1. The summed E-state index contributed by atoms with van der Waals surface area (Å²) in [6.45, 7) is 9.79. The Kier molecular flexibility index (Phi) is 6.62. The van der Waals surface area contributed by atoms with E-state index in [2.05, 4.69) is 148 Å². The summed E-state index contributed by atoms with van der Waals surface area (Å²) in [6, 6.07) is 43.4. The molecule has 252 valence electrons. The van der Waals surface area contributed by atoms with Gasteiger partial charge < -0.3 is 9.64 Å². The molecule has 4 fully saturated rings. The summed E-state index contributed by atoms with van der Waals surface area (Å²) in [5, 5.41) is 0. The van der Waals surface area contributed by atoms with Crippen LogP contribution in [0.5, 0.6) is 11.5 Å². The van der Waals surface area contributed by atoms with E-state index in [1.807, 2.05) is 0 Å². The summed E-state index contributed by atoms with van der Waals surface area (Å²) < 4.78 is 7.05. The van der Waals surface area contributed by atoms with E-state index in [0.717, 1.165) is 23.3 Å². The fourth-order valence-electron chi connectivity index (χ4n) is 11.9. The van der Waals surface area contributed by atoms with Crippen LogP contribution in [0.15, 0.2) is 115 Å². The Morgan fingerprint density at radius 3 is 1.92 bits per heavy atom. The molecule has 0 radical (unpaired) electrons. The molecule has 0 saturated heterocycles. The SMILES string of the molecule is CC1(C)CCC(C)(C)c2c(N(c3ccccc3)c3ccc4c(c3)C3(c5c(cccc5-c5ccccc5)O4)C4CC5CC(C4)CC3C5)cccc21. The molecular weight excluding hydrogens is 607 g/mol. The van der Waals surface area contributed by atoms with Crippen LogP contribution < -0.4 is 9.64 Å². The highest BCUT2D eigenvalue weighted by atomic mass is 16.5. The van der Waals surface area contributed by atoms with Crippen LogP contribution in [0.1, 0.15) is 94.9 Å². The number of anilines is 3. The normalized spacial score (nSPS) is 27.6. The van der Waals surface area contributed by atoms with E-state index in [-0.39, 0.29) is 16.2 Å². The molecule has 11 rings (SSSR count). The van der Waals surface area contributed by atoms with Crippen LogP contribution in [0.4, 0.5) is 17.1 Å². The second-order valence-corrected chi connectivity index (χ2v) is 17.6. The fraction of sp³-hybridized carbons (Fsp3) is 0.375. The van der Waals surface area contributed by atoms with Crippen LogP contribution in [-0.4, -0.2) is 0 Å². The molecule has 4 bridgehead atoms. The smallest absolute Gasteiger partial charge is 0.132 e. The topological polar surface area (TPSA) is 12.5 Å². The standard InChI is InChI=1S/C48H49NO/c1-46(2)23-24-47(3,4)45-39(46)18-12-19-41(45)49(36-15-9-6-10-16-36)37-21-22-42-40(30-37)48(34-26-31-25-32(28-34)29-35(48)27-31)44-38(17-11-20-43(44)50-42)33-13-7-5-8-14-33/h5-22,30-32,34-35H,23-29H2,1-4H3. The molecule has 0 N–H and O–H groups in total. The average molecular weight is 656 g/mol. The third-order valence-electron chi connectivity index (χ3n) is 13.9. The summed E-state index contributed by atoms with van der Waals surface area (Å²) in [5.74, 6) is 5.10. The molecule has 4 saturated carbocycles. The van der Waals surface area contributed by atoms with Gasteiger partial charge in [-0.3, -0.25) is 0 Å². The minimum atomic E-state index is -0.0709. The maximum Gasteiger partial charge on any atom is 0.132 e. The highest BCUT2D eigenvalue weighted by Crippen LogP contribution is 2.70. The van der Waals surface area contributed by atoms with Crippen LogP contribution in [0.2, 0.25) is 0 Å². The predicted octanol–water partition coefficient (Wildman–Crippen LogP) is 13.0. The maximum absolute atomic E-state index is 7.05. The Labute approximate surface area is 298 Å². The number of rotatable bonds is 4. The summed E-state index contributed by atoms with van der Waals surface area (Å²) in [6.07, 6.45) is 9.14. The van der Waals surface area contributed by atoms with Crippen molar-refractivity contribution in [1.82, 2.24) is 0 Å². The van der Waals surface area contributed by atoms with E-state index in [1.165, 1.54) is 95.4 Å². The third-order valence-corrected chi connectivity index (χ3v) is 13.9. The lowest BCUT2D eigenvalue weighted by Gasteiger charge is -2.63. The molecule has 6 aliphatic rings. The van der Waals surface area contributed by atoms with Gasteiger partial charge in [-0.1, -0.05) is 100 Å². The Bertz CT molecular complexity index is 2080. The van der Waals surface area contributed by atoms with Gasteiger partial charge in [0.25, 0.3) is 0 Å². The largest absolute Gasteiger partial charge is 0.457 e. The van der Waals surface area contributed by atoms with Crippen molar-refractivity contribution in [3.8, 4) is 22.6 Å². The molecular formula is C48H49NO. The quantitative estimate of drug-likeness (QED) is 0.191. The van der Waals surface area contributed by atoms with E-state index < -0.39 is 0 Å². The maximum atomic E-state index is 7.05. The molecule has 0 unspecified atom stereocenters. The Balaban J connectivity index is 1.24. The number of hydrogen-bond acceptors (Lipinski definition) is 2. The first-order valence-corrected chi connectivity index (χ1v) is 19.2. The Hall–Kier alpha value is -4.30. The van der Waals surface area contributed by atoms with Crippen molar-refractivity contribution in [2.75, 3.05) is 4.90 Å². The minimum Gasteiger partial charge on any atom is -0.457 e. The molecule has 50 heavy (non-hydrogen) atoms. The van der Waals surface area contributed by atoms with Gasteiger partial charge in [0.15, 0.2) is 0 Å². The van der Waals surface area contributed by atoms with Crippen LogP contribution >= 0.6 is 0 Å². The van der Waals surface area contributed by atoms with Crippen molar-refractivity contribution >= 4 is 17.1 Å². The van der Waals surface area contributed by atoms with E-state index in [1.54, 1.807) is 0 Å². The molecule has 2 heteroatoms. The van der Waals surface area contributed by atoms with Crippen molar-refractivity contribution in [2.45, 2.75) is 88.9 Å². The molecule has 1 heterocycles. The van der Waals surface area contributed by atoms with Crippen molar-refractivity contribution in [1.29, 1.82) is 0 Å². The zero-order valence-electron chi connectivity index (χ0n) is 30.1. The van der Waals surface area contributed by atoms with Crippen molar-refractivity contribution < 1.29 is 4.74 Å². The van der Waals surface area contributed by atoms with E-state index in [0.29, 0.717) is 11.8 Å². The fourth-order valence-corrected chi connectivity index (χ4v) is 11.9. The molecule has 5 aromatic rings. The average Bonchev–Trinajstić information content (AvgIpc) is 3.12. The molecule has 5 aromatic carbocycles. The molecule has 0 amide bonds. The minimum absolute atomic E-state index is 0.0674. The summed E-state index contributed by atoms with van der Waals surface area (Å²) in [7, 11) is 0. The number of fused-ring (bicyclic) bond motifs is 3. The van der Waals surface area contributed by atoms with Crippen LogP contribution in [0.25, 0.3) is 11.1 Å². The zero-order valence-corrected chi connectivity index (χ0v) is 30.1. The Morgan fingerprint density at radius 1 is 0.540 bits per heavy atom. The van der Waals surface area contributed by atoms with Gasteiger partial charge >= 0.3 is 0 Å². The van der Waals surface area contributed by atoms with Crippen molar-refractivity contribution in [2.24, 2.45) is 23.7 Å². The number of nitrogens with zero attached hydrogens (tertiary/aromatic N) is 1. The first-order chi connectivity index (χ1) is 24.2. The van der Waals surface area contributed by atoms with E-state index >= 15 is 0 Å². The lowest BCUT2D eigenvalue weighted by atomic mass is 9.41. The summed E-state index contributed by atoms with van der Waals surface area (Å²) in [5.41, 5.74) is 12.4. The third kappa shape index (κ3) is 4.33. The summed E-state index contributed by atoms with van der Waals surface area (Å²) in [4.78, 5) is 2.57. The van der Waals surface area contributed by atoms with Gasteiger partial charge in [-0.15, -0.1) is 0 Å². The van der Waals surface area contributed by atoms with Gasteiger partial charge in [0, 0.05) is 27.9 Å². The number of hydrogen-bond donors (Lipinski definition) is 0.